The zero-order valence-electron chi connectivity index (χ0n) is 16.1. The SMILES string of the molecule is COc1cc2c(NCCc3ccc(C(F)(F)F)cc3)ncnc2c(OC)c1OC. The van der Waals surface area contributed by atoms with Crippen LogP contribution in [0.1, 0.15) is 11.1 Å². The number of fused-ring (bicyclic) bond motifs is 1. The molecule has 1 aromatic heterocycles. The van der Waals surface area contributed by atoms with Crippen molar-refractivity contribution in [2.75, 3.05) is 33.2 Å². The minimum absolute atomic E-state index is 0.426. The van der Waals surface area contributed by atoms with Crippen LogP contribution in [0.25, 0.3) is 10.9 Å². The van der Waals surface area contributed by atoms with Gasteiger partial charge in [0.25, 0.3) is 0 Å². The number of ether oxygens (including phenoxy) is 3. The second-order valence-corrected chi connectivity index (χ2v) is 6.14. The number of halogens is 3. The van der Waals surface area contributed by atoms with Crippen molar-refractivity contribution in [3.05, 3.63) is 47.8 Å². The number of nitrogens with one attached hydrogen (secondary N) is 1. The van der Waals surface area contributed by atoms with Crippen molar-refractivity contribution in [2.24, 2.45) is 0 Å². The maximum atomic E-state index is 12.7. The highest BCUT2D eigenvalue weighted by atomic mass is 19.4. The van der Waals surface area contributed by atoms with Crippen LogP contribution in [0, 0.1) is 0 Å². The van der Waals surface area contributed by atoms with Gasteiger partial charge in [0.05, 0.1) is 32.3 Å². The molecule has 0 unspecified atom stereocenters. The molecule has 2 aromatic carbocycles. The lowest BCUT2D eigenvalue weighted by Crippen LogP contribution is -2.09. The van der Waals surface area contributed by atoms with E-state index in [0.717, 1.165) is 17.7 Å². The highest BCUT2D eigenvalue weighted by Crippen LogP contribution is 2.43. The predicted octanol–water partition coefficient (Wildman–Crippen LogP) is 4.33. The van der Waals surface area contributed by atoms with Crippen molar-refractivity contribution in [2.45, 2.75) is 12.6 Å². The average molecular weight is 407 g/mol. The summed E-state index contributed by atoms with van der Waals surface area (Å²) in [5.41, 5.74) is 0.669. The molecule has 0 amide bonds. The quantitative estimate of drug-likeness (QED) is 0.629. The summed E-state index contributed by atoms with van der Waals surface area (Å²) in [5, 5.41) is 3.87. The van der Waals surface area contributed by atoms with Gasteiger partial charge in [0.1, 0.15) is 17.7 Å². The van der Waals surface area contributed by atoms with Gasteiger partial charge < -0.3 is 19.5 Å². The summed E-state index contributed by atoms with van der Waals surface area (Å²) < 4.78 is 54.2. The number of benzene rings is 2. The van der Waals surface area contributed by atoms with E-state index >= 15 is 0 Å². The smallest absolute Gasteiger partial charge is 0.416 e. The van der Waals surface area contributed by atoms with E-state index < -0.39 is 11.7 Å². The number of nitrogens with zero attached hydrogens (tertiary/aromatic N) is 2. The Kier molecular flexibility index (Phi) is 5.95. The predicted molar refractivity (Wildman–Crippen MR) is 103 cm³/mol. The third-order valence-electron chi connectivity index (χ3n) is 4.42. The first kappa shape index (κ1) is 20.5. The van der Waals surface area contributed by atoms with Gasteiger partial charge in [0.15, 0.2) is 11.5 Å². The topological polar surface area (TPSA) is 65.5 Å². The van der Waals surface area contributed by atoms with E-state index in [-0.39, 0.29) is 0 Å². The zero-order chi connectivity index (χ0) is 21.0. The summed E-state index contributed by atoms with van der Waals surface area (Å²) >= 11 is 0. The summed E-state index contributed by atoms with van der Waals surface area (Å²) in [7, 11) is 4.54. The Morgan fingerprint density at radius 3 is 2.21 bits per heavy atom. The molecule has 0 aliphatic rings. The normalized spacial score (nSPS) is 11.4. The number of rotatable bonds is 7. The molecular weight excluding hydrogens is 387 g/mol. The molecule has 0 aliphatic carbocycles. The molecule has 0 saturated heterocycles. The third-order valence-corrected chi connectivity index (χ3v) is 4.42. The fourth-order valence-corrected chi connectivity index (χ4v) is 2.99. The molecule has 6 nitrogen and oxygen atoms in total. The fourth-order valence-electron chi connectivity index (χ4n) is 2.99. The minimum Gasteiger partial charge on any atom is -0.493 e. The molecule has 9 heteroatoms. The summed E-state index contributed by atoms with van der Waals surface area (Å²) in [6, 6.07) is 6.85. The first-order valence-electron chi connectivity index (χ1n) is 8.72. The number of alkyl halides is 3. The Morgan fingerprint density at radius 1 is 0.931 bits per heavy atom. The Hall–Kier alpha value is -3.23. The van der Waals surface area contributed by atoms with Crippen molar-refractivity contribution in [1.82, 2.24) is 9.97 Å². The number of anilines is 1. The third kappa shape index (κ3) is 4.28. The van der Waals surface area contributed by atoms with Gasteiger partial charge in [0, 0.05) is 6.54 Å². The molecule has 0 radical (unpaired) electrons. The molecule has 0 atom stereocenters. The van der Waals surface area contributed by atoms with E-state index in [1.165, 1.54) is 39.8 Å². The van der Waals surface area contributed by atoms with E-state index in [1.54, 1.807) is 6.07 Å². The Balaban J connectivity index is 1.82. The lowest BCUT2D eigenvalue weighted by Gasteiger charge is -2.16. The molecule has 154 valence electrons. The van der Waals surface area contributed by atoms with Crippen LogP contribution in [0.2, 0.25) is 0 Å². The van der Waals surface area contributed by atoms with Gasteiger partial charge in [-0.2, -0.15) is 13.2 Å². The molecule has 0 bridgehead atoms. The average Bonchev–Trinajstić information content (AvgIpc) is 2.72. The van der Waals surface area contributed by atoms with Gasteiger partial charge in [-0.3, -0.25) is 0 Å². The summed E-state index contributed by atoms with van der Waals surface area (Å²) in [6.07, 6.45) is -2.42. The van der Waals surface area contributed by atoms with Gasteiger partial charge >= 0.3 is 6.18 Å². The molecule has 0 spiro atoms. The standard InChI is InChI=1S/C20H20F3N3O3/c1-27-15-10-14-16(18(29-3)17(15)28-2)25-11-26-19(14)24-9-8-12-4-6-13(7-5-12)20(21,22)23/h4-7,10-11H,8-9H2,1-3H3,(H,24,25,26). The lowest BCUT2D eigenvalue weighted by atomic mass is 10.1. The van der Waals surface area contributed by atoms with E-state index in [1.807, 2.05) is 0 Å². The van der Waals surface area contributed by atoms with E-state index in [9.17, 15) is 13.2 Å². The van der Waals surface area contributed by atoms with Crippen LogP contribution in [0.15, 0.2) is 36.7 Å². The van der Waals surface area contributed by atoms with E-state index in [4.69, 9.17) is 14.2 Å². The molecule has 3 aromatic rings. The van der Waals surface area contributed by atoms with Crippen molar-refractivity contribution in [3.8, 4) is 17.2 Å². The molecule has 0 saturated carbocycles. The van der Waals surface area contributed by atoms with E-state index in [0.29, 0.717) is 46.9 Å². The van der Waals surface area contributed by atoms with Gasteiger partial charge in [0.2, 0.25) is 5.75 Å². The van der Waals surface area contributed by atoms with Crippen LogP contribution in [0.4, 0.5) is 19.0 Å². The fraction of sp³-hybridized carbons (Fsp3) is 0.300. The van der Waals surface area contributed by atoms with Crippen LogP contribution < -0.4 is 19.5 Å². The summed E-state index contributed by atoms with van der Waals surface area (Å²) in [4.78, 5) is 8.55. The highest BCUT2D eigenvalue weighted by Gasteiger charge is 2.29. The largest absolute Gasteiger partial charge is 0.493 e. The van der Waals surface area contributed by atoms with Crippen molar-refractivity contribution in [1.29, 1.82) is 0 Å². The Labute approximate surface area is 165 Å². The van der Waals surface area contributed by atoms with Crippen molar-refractivity contribution < 1.29 is 27.4 Å². The zero-order valence-corrected chi connectivity index (χ0v) is 16.1. The summed E-state index contributed by atoms with van der Waals surface area (Å²) in [5.74, 6) is 1.88. The molecule has 3 rings (SSSR count). The second-order valence-electron chi connectivity index (χ2n) is 6.14. The number of hydrogen-bond donors (Lipinski definition) is 1. The monoisotopic (exact) mass is 407 g/mol. The molecule has 1 N–H and O–H groups in total. The van der Waals surface area contributed by atoms with Crippen molar-refractivity contribution in [3.63, 3.8) is 0 Å². The Morgan fingerprint density at radius 2 is 1.62 bits per heavy atom. The molecule has 0 fully saturated rings. The van der Waals surface area contributed by atoms with Gasteiger partial charge in [-0.25, -0.2) is 9.97 Å². The van der Waals surface area contributed by atoms with Crippen LogP contribution in [0.3, 0.4) is 0 Å². The van der Waals surface area contributed by atoms with Crippen LogP contribution >= 0.6 is 0 Å². The number of methoxy groups -OCH3 is 3. The maximum Gasteiger partial charge on any atom is 0.416 e. The van der Waals surface area contributed by atoms with Crippen molar-refractivity contribution >= 4 is 16.7 Å². The van der Waals surface area contributed by atoms with Gasteiger partial charge in [-0.1, -0.05) is 12.1 Å². The molecule has 29 heavy (non-hydrogen) atoms. The molecular formula is C20H20F3N3O3. The Bertz CT molecular complexity index is 992. The van der Waals surface area contributed by atoms with Crippen LogP contribution in [-0.4, -0.2) is 37.8 Å². The minimum atomic E-state index is -4.34. The van der Waals surface area contributed by atoms with Crippen LogP contribution in [-0.2, 0) is 12.6 Å². The highest BCUT2D eigenvalue weighted by molar-refractivity contribution is 5.96. The first-order valence-corrected chi connectivity index (χ1v) is 8.72. The van der Waals surface area contributed by atoms with Gasteiger partial charge in [-0.15, -0.1) is 0 Å². The summed E-state index contributed by atoms with van der Waals surface area (Å²) in [6.45, 7) is 0.466. The lowest BCUT2D eigenvalue weighted by molar-refractivity contribution is -0.137. The van der Waals surface area contributed by atoms with E-state index in [2.05, 4.69) is 15.3 Å². The van der Waals surface area contributed by atoms with Crippen LogP contribution in [0.5, 0.6) is 17.2 Å². The maximum absolute atomic E-state index is 12.7. The molecule has 0 aliphatic heterocycles. The first-order chi connectivity index (χ1) is 13.9. The molecule has 1 heterocycles. The van der Waals surface area contributed by atoms with Gasteiger partial charge in [-0.05, 0) is 30.2 Å². The second kappa shape index (κ2) is 8.42. The number of aromatic nitrogens is 2. The number of hydrogen-bond acceptors (Lipinski definition) is 6.